The van der Waals surface area contributed by atoms with Crippen molar-refractivity contribution in [3.63, 3.8) is 0 Å². The normalized spacial score (nSPS) is 9.77. The molecule has 70 valence electrons. The predicted octanol–water partition coefficient (Wildman–Crippen LogP) is 0.414. The summed E-state index contributed by atoms with van der Waals surface area (Å²) in [5.41, 5.74) is 5.72. The van der Waals surface area contributed by atoms with E-state index >= 15 is 0 Å². The molecule has 0 atom stereocenters. The molecule has 0 aliphatic carbocycles. The maximum Gasteiger partial charge on any atom is 0.257 e. The Bertz CT molecular complexity index is 339. The highest BCUT2D eigenvalue weighted by atomic mass is 35.5. The van der Waals surface area contributed by atoms with E-state index in [-0.39, 0.29) is 22.4 Å². The Hall–Kier alpha value is -1.36. The fourth-order valence-electron chi connectivity index (χ4n) is 0.790. The van der Waals surface area contributed by atoms with Crippen molar-refractivity contribution in [3.8, 4) is 0 Å². The first kappa shape index (κ1) is 9.73. The zero-order valence-corrected chi connectivity index (χ0v) is 8.04. The third-order valence-electron chi connectivity index (χ3n) is 1.43. The topological polar surface area (TPSA) is 72.1 Å². The summed E-state index contributed by atoms with van der Waals surface area (Å²) in [5.74, 6) is -0.155. The van der Waals surface area contributed by atoms with Gasteiger partial charge >= 0.3 is 0 Å². The monoisotopic (exact) mass is 200 g/mol. The number of carbonyl (C=O) groups is 1. The molecule has 0 aromatic carbocycles. The Kier molecular flexibility index (Phi) is 2.67. The van der Waals surface area contributed by atoms with Crippen molar-refractivity contribution in [3.05, 3.63) is 16.8 Å². The zero-order valence-electron chi connectivity index (χ0n) is 7.28. The molecule has 1 rings (SSSR count). The van der Waals surface area contributed by atoms with Crippen LogP contribution in [-0.4, -0.2) is 35.1 Å². The number of carbonyl (C=O) groups excluding carboxylic acids is 1. The number of anilines is 1. The molecule has 0 aliphatic rings. The Labute approximate surface area is 80.5 Å². The Morgan fingerprint density at radius 2 is 2.15 bits per heavy atom. The number of nitrogens with two attached hydrogens (primary N) is 1. The van der Waals surface area contributed by atoms with Gasteiger partial charge in [-0.05, 0) is 6.07 Å². The van der Waals surface area contributed by atoms with E-state index < -0.39 is 0 Å². The lowest BCUT2D eigenvalue weighted by Gasteiger charge is -2.10. The van der Waals surface area contributed by atoms with Crippen molar-refractivity contribution in [2.24, 2.45) is 0 Å². The molecule has 0 saturated heterocycles. The van der Waals surface area contributed by atoms with E-state index in [0.29, 0.717) is 0 Å². The number of nitrogens with zero attached hydrogens (tertiary/aromatic N) is 3. The molecule has 0 bridgehead atoms. The molecule has 0 spiro atoms. The van der Waals surface area contributed by atoms with E-state index in [2.05, 4.69) is 10.2 Å². The zero-order chi connectivity index (χ0) is 10.0. The van der Waals surface area contributed by atoms with Gasteiger partial charge in [-0.1, -0.05) is 11.6 Å². The van der Waals surface area contributed by atoms with Gasteiger partial charge in [0.15, 0.2) is 11.0 Å². The van der Waals surface area contributed by atoms with Gasteiger partial charge < -0.3 is 10.6 Å². The molecule has 0 radical (unpaired) electrons. The molecule has 0 saturated carbocycles. The van der Waals surface area contributed by atoms with Gasteiger partial charge in [-0.2, -0.15) is 0 Å². The van der Waals surface area contributed by atoms with Crippen molar-refractivity contribution in [1.29, 1.82) is 0 Å². The van der Waals surface area contributed by atoms with Gasteiger partial charge in [-0.25, -0.2) is 0 Å². The van der Waals surface area contributed by atoms with Gasteiger partial charge in [0.1, 0.15) is 0 Å². The van der Waals surface area contributed by atoms with Crippen molar-refractivity contribution < 1.29 is 4.79 Å². The van der Waals surface area contributed by atoms with Gasteiger partial charge in [0.05, 0.1) is 5.56 Å². The number of nitrogen functional groups attached to an aromatic ring is 1. The summed E-state index contributed by atoms with van der Waals surface area (Å²) in [5, 5.41) is 7.18. The summed E-state index contributed by atoms with van der Waals surface area (Å²) in [6.07, 6.45) is 0. The predicted molar refractivity (Wildman–Crippen MR) is 49.5 cm³/mol. The van der Waals surface area contributed by atoms with Crippen LogP contribution in [0.25, 0.3) is 0 Å². The second-order valence-corrected chi connectivity index (χ2v) is 3.05. The van der Waals surface area contributed by atoms with Crippen LogP contribution in [0.5, 0.6) is 0 Å². The molecule has 13 heavy (non-hydrogen) atoms. The molecule has 0 fully saturated rings. The van der Waals surface area contributed by atoms with Gasteiger partial charge in [-0.15, -0.1) is 10.2 Å². The highest BCUT2D eigenvalue weighted by Gasteiger charge is 2.13. The molecule has 0 unspecified atom stereocenters. The average Bonchev–Trinajstić information content (AvgIpc) is 2.08. The Morgan fingerprint density at radius 3 is 2.69 bits per heavy atom. The fourth-order valence-corrected chi connectivity index (χ4v) is 0.937. The van der Waals surface area contributed by atoms with Gasteiger partial charge in [-0.3, -0.25) is 4.79 Å². The molecule has 6 heteroatoms. The molecule has 1 amide bonds. The van der Waals surface area contributed by atoms with Crippen LogP contribution in [0.15, 0.2) is 6.07 Å². The minimum absolute atomic E-state index is 0.0862. The molecule has 0 aliphatic heterocycles. The second kappa shape index (κ2) is 3.57. The van der Waals surface area contributed by atoms with Crippen molar-refractivity contribution in [2.45, 2.75) is 0 Å². The van der Waals surface area contributed by atoms with Crippen LogP contribution < -0.4 is 5.73 Å². The van der Waals surface area contributed by atoms with Crippen LogP contribution in [0.1, 0.15) is 10.4 Å². The summed E-state index contributed by atoms with van der Waals surface area (Å²) in [7, 11) is 3.24. The standard InChI is InChI=1S/C7H9ClN4O/c1-12(2)7(13)4-3-5(8)10-11-6(4)9/h3H,1-2H3,(H2,9,11). The van der Waals surface area contributed by atoms with Crippen LogP contribution in [0.3, 0.4) is 0 Å². The first-order valence-corrected chi connectivity index (χ1v) is 3.90. The molecule has 1 heterocycles. The molecular weight excluding hydrogens is 192 g/mol. The molecule has 1 aromatic heterocycles. The lowest BCUT2D eigenvalue weighted by atomic mass is 10.2. The lowest BCUT2D eigenvalue weighted by Crippen LogP contribution is -2.23. The smallest absolute Gasteiger partial charge is 0.257 e. The Balaban J connectivity index is 3.13. The van der Waals surface area contributed by atoms with E-state index in [0.717, 1.165) is 0 Å². The maximum absolute atomic E-state index is 11.4. The summed E-state index contributed by atoms with van der Waals surface area (Å²) in [4.78, 5) is 12.8. The van der Waals surface area contributed by atoms with E-state index in [1.165, 1.54) is 11.0 Å². The van der Waals surface area contributed by atoms with Crippen LogP contribution >= 0.6 is 11.6 Å². The quantitative estimate of drug-likeness (QED) is 0.713. The number of halogens is 1. The summed E-state index contributed by atoms with van der Waals surface area (Å²) in [6.45, 7) is 0. The third kappa shape index (κ3) is 2.06. The lowest BCUT2D eigenvalue weighted by molar-refractivity contribution is 0.0828. The molecule has 5 nitrogen and oxygen atoms in total. The van der Waals surface area contributed by atoms with Crippen LogP contribution in [-0.2, 0) is 0 Å². The fraction of sp³-hybridized carbons (Fsp3) is 0.286. The Morgan fingerprint density at radius 1 is 1.54 bits per heavy atom. The summed E-state index contributed by atoms with van der Waals surface area (Å²) >= 11 is 5.57. The second-order valence-electron chi connectivity index (χ2n) is 2.67. The van der Waals surface area contributed by atoms with Crippen molar-refractivity contribution in [1.82, 2.24) is 15.1 Å². The van der Waals surface area contributed by atoms with Crippen molar-refractivity contribution in [2.75, 3.05) is 19.8 Å². The van der Waals surface area contributed by atoms with E-state index in [1.807, 2.05) is 0 Å². The SMILES string of the molecule is CN(C)C(=O)c1cc(Cl)nnc1N. The molecule has 1 aromatic rings. The maximum atomic E-state index is 11.4. The first-order chi connectivity index (χ1) is 6.02. The summed E-state index contributed by atoms with van der Waals surface area (Å²) in [6, 6.07) is 1.40. The number of hydrogen-bond donors (Lipinski definition) is 1. The van der Waals surface area contributed by atoms with E-state index in [4.69, 9.17) is 17.3 Å². The average molecular weight is 201 g/mol. The molecular formula is C7H9ClN4O. The molecule has 2 N–H and O–H groups in total. The summed E-state index contributed by atoms with van der Waals surface area (Å²) < 4.78 is 0. The largest absolute Gasteiger partial charge is 0.382 e. The number of rotatable bonds is 1. The van der Waals surface area contributed by atoms with E-state index in [9.17, 15) is 4.79 Å². The van der Waals surface area contributed by atoms with Crippen LogP contribution in [0.4, 0.5) is 5.82 Å². The van der Waals surface area contributed by atoms with Crippen molar-refractivity contribution >= 4 is 23.3 Å². The third-order valence-corrected chi connectivity index (χ3v) is 1.61. The first-order valence-electron chi connectivity index (χ1n) is 3.52. The van der Waals surface area contributed by atoms with Gasteiger partial charge in [0, 0.05) is 14.1 Å². The number of aromatic nitrogens is 2. The van der Waals surface area contributed by atoms with Crippen LogP contribution in [0.2, 0.25) is 5.15 Å². The van der Waals surface area contributed by atoms with E-state index in [1.54, 1.807) is 14.1 Å². The minimum Gasteiger partial charge on any atom is -0.382 e. The van der Waals surface area contributed by atoms with Gasteiger partial charge in [0.25, 0.3) is 5.91 Å². The number of hydrogen-bond acceptors (Lipinski definition) is 4. The minimum atomic E-state index is -0.241. The highest BCUT2D eigenvalue weighted by molar-refractivity contribution is 6.29. The highest BCUT2D eigenvalue weighted by Crippen LogP contribution is 2.13. The van der Waals surface area contributed by atoms with Gasteiger partial charge in [0.2, 0.25) is 0 Å². The van der Waals surface area contributed by atoms with Crippen LogP contribution in [0, 0.1) is 0 Å². The number of amides is 1.